The molecule has 0 radical (unpaired) electrons. The van der Waals surface area contributed by atoms with Gasteiger partial charge in [0.2, 0.25) is 5.88 Å². The number of aromatic nitrogens is 2. The van der Waals surface area contributed by atoms with Crippen LogP contribution in [0.3, 0.4) is 0 Å². The Labute approximate surface area is 219 Å². The molecule has 1 aromatic heterocycles. The van der Waals surface area contributed by atoms with Gasteiger partial charge in [0, 0.05) is 12.5 Å². The van der Waals surface area contributed by atoms with Gasteiger partial charge in [0.15, 0.2) is 17.7 Å². The number of aliphatic hydroxyl groups excluding tert-OH is 3. The largest absolute Gasteiger partial charge is 0.508 e. The Hall–Kier alpha value is -3.18. The first-order valence-corrected chi connectivity index (χ1v) is 11.5. The molecule has 0 unspecified atom stereocenters. The fourth-order valence-corrected chi connectivity index (χ4v) is 3.93. The van der Waals surface area contributed by atoms with Crippen molar-refractivity contribution in [2.75, 3.05) is 20.8 Å². The lowest BCUT2D eigenvalue weighted by atomic mass is 9.97. The van der Waals surface area contributed by atoms with Gasteiger partial charge in [0.25, 0.3) is 0 Å². The minimum Gasteiger partial charge on any atom is -0.494 e. The average molecular weight is 568 g/mol. The number of methoxy groups -OCH3 is 2. The summed E-state index contributed by atoms with van der Waals surface area (Å²) in [5.74, 6) is -5.14. The molecule has 0 aliphatic carbocycles. The normalized spacial score (nSPS) is 25.5. The van der Waals surface area contributed by atoms with Crippen LogP contribution >= 0.6 is 0 Å². The van der Waals surface area contributed by atoms with E-state index in [1.54, 1.807) is 0 Å². The smallest absolute Gasteiger partial charge is 0.494 e. The van der Waals surface area contributed by atoms with E-state index in [2.05, 4.69) is 14.6 Å². The first-order valence-electron chi connectivity index (χ1n) is 11.5. The summed E-state index contributed by atoms with van der Waals surface area (Å²) in [5.41, 5.74) is -1.90. The predicted molar refractivity (Wildman–Crippen MR) is 120 cm³/mol. The molecule has 1 fully saturated rings. The number of ether oxygens (including phenoxy) is 5. The van der Waals surface area contributed by atoms with Crippen molar-refractivity contribution in [2.24, 2.45) is 0 Å². The van der Waals surface area contributed by atoms with E-state index in [-0.39, 0.29) is 11.3 Å². The number of hydrogen-bond acceptors (Lipinski definition) is 11. The van der Waals surface area contributed by atoms with E-state index in [1.165, 1.54) is 33.1 Å². The molecular formula is C23H28F4N2O10. The summed E-state index contributed by atoms with van der Waals surface area (Å²) in [7, 11) is 2.20. The van der Waals surface area contributed by atoms with Crippen molar-refractivity contribution < 1.29 is 66.5 Å². The minimum atomic E-state index is -5.00. The molecular weight excluding hydrogens is 540 g/mol. The van der Waals surface area contributed by atoms with Gasteiger partial charge in [-0.25, -0.2) is 9.18 Å². The summed E-state index contributed by atoms with van der Waals surface area (Å²) in [5, 5.41) is 45.7. The van der Waals surface area contributed by atoms with E-state index < -0.39 is 84.7 Å². The zero-order valence-corrected chi connectivity index (χ0v) is 21.2. The van der Waals surface area contributed by atoms with Crippen LogP contribution in [0.1, 0.15) is 36.7 Å². The number of halogens is 4. The third-order valence-electron chi connectivity index (χ3n) is 5.85. The fraction of sp³-hybridized carbons (Fsp3) is 0.565. The summed E-state index contributed by atoms with van der Waals surface area (Å²) in [6, 6.07) is 2.57. The highest BCUT2D eigenvalue weighted by molar-refractivity contribution is 5.59. The molecule has 0 spiro atoms. The number of carbonyl (C=O) groups is 1. The van der Waals surface area contributed by atoms with Crippen LogP contribution in [-0.2, 0) is 26.8 Å². The van der Waals surface area contributed by atoms with E-state index in [4.69, 9.17) is 14.2 Å². The molecule has 1 aromatic carbocycles. The van der Waals surface area contributed by atoms with Crippen molar-refractivity contribution in [3.05, 3.63) is 40.8 Å². The van der Waals surface area contributed by atoms with Crippen LogP contribution in [0.5, 0.6) is 11.6 Å². The minimum absolute atomic E-state index is 0.0452. The number of alkyl halides is 3. The average Bonchev–Trinajstić information content (AvgIpc) is 3.22. The SMILES string of the molecule is COC(=O)OC[C@H]1O[C@](O)(Oc2nn(C(C)C)c(C(F)(F)F)c2Cc2ccc(OC)c(F)c2)[C@H](O)[C@@H](O)[C@@H]1O. The van der Waals surface area contributed by atoms with Gasteiger partial charge in [-0.2, -0.15) is 13.2 Å². The Morgan fingerprint density at radius 3 is 2.41 bits per heavy atom. The van der Waals surface area contributed by atoms with Gasteiger partial charge in [-0.15, -0.1) is 5.10 Å². The van der Waals surface area contributed by atoms with Gasteiger partial charge in [0.05, 0.1) is 19.8 Å². The molecule has 2 aromatic rings. The van der Waals surface area contributed by atoms with Gasteiger partial charge in [-0.1, -0.05) is 6.07 Å². The molecule has 218 valence electrons. The highest BCUT2D eigenvalue weighted by atomic mass is 19.4. The maximum Gasteiger partial charge on any atom is 0.508 e. The number of aliphatic hydroxyl groups is 4. The van der Waals surface area contributed by atoms with Gasteiger partial charge in [-0.05, 0) is 31.5 Å². The molecule has 0 saturated carbocycles. The van der Waals surface area contributed by atoms with Crippen molar-refractivity contribution in [3.8, 4) is 11.6 Å². The van der Waals surface area contributed by atoms with Crippen LogP contribution in [-0.4, -0.2) is 87.6 Å². The number of carbonyl (C=O) groups excluding carboxylic acids is 1. The standard InChI is InChI=1S/C23H28F4N2O10/c1-10(2)29-18(22(25,26)27)12(7-11-5-6-14(35-3)13(24)8-11)20(28-29)39-23(34)19(32)17(31)16(30)15(38-23)9-37-21(33)36-4/h5-6,8,10,15-17,19,30-32,34H,7,9H2,1-4H3/t15-,16-,17+,19-,23+/m1/s1. The summed E-state index contributed by atoms with van der Waals surface area (Å²) in [6.07, 6.45) is -15.1. The van der Waals surface area contributed by atoms with Crippen molar-refractivity contribution in [1.82, 2.24) is 9.78 Å². The number of benzene rings is 1. The Balaban J connectivity index is 2.07. The van der Waals surface area contributed by atoms with Gasteiger partial charge < -0.3 is 44.1 Å². The predicted octanol–water partition coefficient (Wildman–Crippen LogP) is 1.51. The molecule has 5 atom stereocenters. The van der Waals surface area contributed by atoms with Gasteiger partial charge in [0.1, 0.15) is 30.6 Å². The van der Waals surface area contributed by atoms with Crippen molar-refractivity contribution in [3.63, 3.8) is 0 Å². The Bertz CT molecular complexity index is 1170. The topological polar surface area (TPSA) is 162 Å². The van der Waals surface area contributed by atoms with Crippen LogP contribution in [0.2, 0.25) is 0 Å². The van der Waals surface area contributed by atoms with Crippen molar-refractivity contribution in [2.45, 2.75) is 62.9 Å². The highest BCUT2D eigenvalue weighted by Crippen LogP contribution is 2.41. The molecule has 1 aliphatic heterocycles. The number of rotatable bonds is 8. The van der Waals surface area contributed by atoms with Crippen LogP contribution in [0.15, 0.2) is 18.2 Å². The molecule has 39 heavy (non-hydrogen) atoms. The highest BCUT2D eigenvalue weighted by Gasteiger charge is 2.56. The molecule has 0 amide bonds. The Morgan fingerprint density at radius 2 is 1.87 bits per heavy atom. The second kappa shape index (κ2) is 11.5. The molecule has 16 heteroatoms. The molecule has 12 nitrogen and oxygen atoms in total. The van der Waals surface area contributed by atoms with Gasteiger partial charge >= 0.3 is 18.3 Å². The van der Waals surface area contributed by atoms with E-state index in [1.807, 2.05) is 0 Å². The molecule has 0 bridgehead atoms. The van der Waals surface area contributed by atoms with Crippen LogP contribution in [0.4, 0.5) is 22.4 Å². The van der Waals surface area contributed by atoms with Crippen molar-refractivity contribution in [1.29, 1.82) is 0 Å². The Morgan fingerprint density at radius 1 is 1.21 bits per heavy atom. The summed E-state index contributed by atoms with van der Waals surface area (Å²) in [4.78, 5) is 11.3. The second-order valence-electron chi connectivity index (χ2n) is 8.89. The van der Waals surface area contributed by atoms with E-state index >= 15 is 0 Å². The lowest BCUT2D eigenvalue weighted by Gasteiger charge is -2.44. The van der Waals surface area contributed by atoms with Crippen LogP contribution in [0.25, 0.3) is 0 Å². The van der Waals surface area contributed by atoms with Gasteiger partial charge in [-0.3, -0.25) is 4.68 Å². The Kier molecular flexibility index (Phi) is 8.96. The maximum atomic E-state index is 14.3. The van der Waals surface area contributed by atoms with Crippen LogP contribution in [0, 0.1) is 5.82 Å². The molecule has 1 aliphatic rings. The summed E-state index contributed by atoms with van der Waals surface area (Å²) in [6.45, 7) is 1.98. The quantitative estimate of drug-likeness (QED) is 0.208. The molecule has 3 rings (SSSR count). The lowest BCUT2D eigenvalue weighted by molar-refractivity contribution is -0.423. The zero-order chi connectivity index (χ0) is 29.3. The zero-order valence-electron chi connectivity index (χ0n) is 21.2. The molecule has 1 saturated heterocycles. The maximum absolute atomic E-state index is 14.3. The monoisotopic (exact) mass is 568 g/mol. The molecule has 2 heterocycles. The van der Waals surface area contributed by atoms with E-state index in [0.717, 1.165) is 13.2 Å². The molecule has 4 N–H and O–H groups in total. The van der Waals surface area contributed by atoms with Crippen LogP contribution < -0.4 is 9.47 Å². The number of hydrogen-bond donors (Lipinski definition) is 4. The fourth-order valence-electron chi connectivity index (χ4n) is 3.93. The number of nitrogens with zero attached hydrogens (tertiary/aromatic N) is 2. The third-order valence-corrected chi connectivity index (χ3v) is 5.85. The van der Waals surface area contributed by atoms with E-state index in [9.17, 15) is 42.8 Å². The summed E-state index contributed by atoms with van der Waals surface area (Å²) < 4.78 is 81.7. The van der Waals surface area contributed by atoms with E-state index in [0.29, 0.717) is 4.68 Å². The second-order valence-corrected chi connectivity index (χ2v) is 8.89. The van der Waals surface area contributed by atoms with Crippen molar-refractivity contribution >= 4 is 6.16 Å². The first kappa shape index (κ1) is 30.4. The lowest BCUT2D eigenvalue weighted by Crippen LogP contribution is -2.67. The summed E-state index contributed by atoms with van der Waals surface area (Å²) >= 11 is 0. The third kappa shape index (κ3) is 6.36. The first-order chi connectivity index (χ1) is 18.1.